The molecule has 5 heteroatoms. The molecule has 12 heavy (non-hydrogen) atoms. The van der Waals surface area contributed by atoms with Crippen molar-refractivity contribution in [3.8, 4) is 0 Å². The maximum absolute atomic E-state index is 11.0. The first-order chi connectivity index (χ1) is 5.65. The summed E-state index contributed by atoms with van der Waals surface area (Å²) >= 11 is 0. The average Bonchev–Trinajstić information content (AvgIpc) is 2.03. The molecule has 3 N–H and O–H groups in total. The van der Waals surface area contributed by atoms with Crippen LogP contribution in [0, 0.1) is 0 Å². The van der Waals surface area contributed by atoms with E-state index in [-0.39, 0.29) is 23.7 Å². The van der Waals surface area contributed by atoms with E-state index in [0.717, 1.165) is 0 Å². The summed E-state index contributed by atoms with van der Waals surface area (Å²) in [5.41, 5.74) is 4.78. The number of Topliss-reactive ketones (excluding diaryl/α,β-unsaturated/α-hetero) is 1. The molecule has 1 rings (SSSR count). The standard InChI is InChI=1S/C7H9N3O2/c1-2-5(11)4-3-9-7(8)10-6(4)12/h3H,2H2,1H3,(H3,8,9,10,12). The maximum atomic E-state index is 11.0. The molecule has 5 nitrogen and oxygen atoms in total. The number of ketones is 1. The Morgan fingerprint density at radius 2 is 2.42 bits per heavy atom. The zero-order valence-electron chi connectivity index (χ0n) is 6.63. The lowest BCUT2D eigenvalue weighted by Gasteiger charge is -1.95. The predicted octanol–water partition coefficient (Wildman–Crippen LogP) is -0.0552. The van der Waals surface area contributed by atoms with E-state index in [1.54, 1.807) is 6.92 Å². The normalized spacial score (nSPS) is 9.75. The van der Waals surface area contributed by atoms with Crippen LogP contribution in [0.5, 0.6) is 0 Å². The highest BCUT2D eigenvalue weighted by molar-refractivity contribution is 5.95. The Bertz CT molecular complexity index is 356. The van der Waals surface area contributed by atoms with Crippen LogP contribution in [0.3, 0.4) is 0 Å². The van der Waals surface area contributed by atoms with Crippen molar-refractivity contribution in [1.82, 2.24) is 9.97 Å². The predicted molar refractivity (Wildman–Crippen MR) is 43.9 cm³/mol. The van der Waals surface area contributed by atoms with Gasteiger partial charge < -0.3 is 5.73 Å². The number of aromatic nitrogens is 2. The fourth-order valence-corrected chi connectivity index (χ4v) is 0.798. The van der Waals surface area contributed by atoms with Gasteiger partial charge in [0.05, 0.1) is 0 Å². The van der Waals surface area contributed by atoms with Crippen LogP contribution in [0.1, 0.15) is 23.7 Å². The van der Waals surface area contributed by atoms with E-state index in [0.29, 0.717) is 0 Å². The number of carbonyl (C=O) groups excluding carboxylic acids is 1. The van der Waals surface area contributed by atoms with Gasteiger partial charge in [-0.3, -0.25) is 14.6 Å². The molecule has 0 saturated carbocycles. The molecule has 0 atom stereocenters. The summed E-state index contributed by atoms with van der Waals surface area (Å²) < 4.78 is 0. The van der Waals surface area contributed by atoms with Crippen molar-refractivity contribution in [2.45, 2.75) is 13.3 Å². The quantitative estimate of drug-likeness (QED) is 0.604. The zero-order valence-corrected chi connectivity index (χ0v) is 6.63. The Balaban J connectivity index is 3.19. The Kier molecular flexibility index (Phi) is 2.23. The molecule has 64 valence electrons. The molecule has 0 aliphatic rings. The minimum atomic E-state index is -0.477. The van der Waals surface area contributed by atoms with Crippen LogP contribution in [0.25, 0.3) is 0 Å². The summed E-state index contributed by atoms with van der Waals surface area (Å²) in [5.74, 6) is -0.212. The SMILES string of the molecule is CCC(=O)c1cnc(N)[nH]c1=O. The van der Waals surface area contributed by atoms with Crippen molar-refractivity contribution in [1.29, 1.82) is 0 Å². The summed E-state index contributed by atoms with van der Waals surface area (Å²) in [6.45, 7) is 1.68. The Morgan fingerprint density at radius 1 is 1.75 bits per heavy atom. The van der Waals surface area contributed by atoms with E-state index in [4.69, 9.17) is 5.73 Å². The monoisotopic (exact) mass is 167 g/mol. The Labute approximate surface area is 68.6 Å². The molecule has 1 aromatic heterocycles. The third kappa shape index (κ3) is 1.50. The lowest BCUT2D eigenvalue weighted by atomic mass is 10.2. The highest BCUT2D eigenvalue weighted by Gasteiger charge is 2.07. The van der Waals surface area contributed by atoms with E-state index in [2.05, 4.69) is 9.97 Å². The van der Waals surface area contributed by atoms with Crippen LogP contribution in [0.4, 0.5) is 5.95 Å². The number of hydrogen-bond acceptors (Lipinski definition) is 4. The lowest BCUT2D eigenvalue weighted by molar-refractivity contribution is 0.0986. The highest BCUT2D eigenvalue weighted by atomic mass is 16.1. The van der Waals surface area contributed by atoms with E-state index in [9.17, 15) is 9.59 Å². The highest BCUT2D eigenvalue weighted by Crippen LogP contribution is 1.94. The second-order valence-corrected chi connectivity index (χ2v) is 2.29. The molecular formula is C7H9N3O2. The molecule has 0 spiro atoms. The molecule has 0 radical (unpaired) electrons. The number of nitrogens with zero attached hydrogens (tertiary/aromatic N) is 1. The lowest BCUT2D eigenvalue weighted by Crippen LogP contribution is -2.19. The number of carbonyl (C=O) groups is 1. The van der Waals surface area contributed by atoms with Gasteiger partial charge in [-0.1, -0.05) is 6.92 Å². The minimum Gasteiger partial charge on any atom is -0.369 e. The van der Waals surface area contributed by atoms with Crippen LogP contribution < -0.4 is 11.3 Å². The maximum Gasteiger partial charge on any atom is 0.263 e. The number of H-pyrrole nitrogens is 1. The number of anilines is 1. The molecule has 0 unspecified atom stereocenters. The van der Waals surface area contributed by atoms with Crippen molar-refractivity contribution >= 4 is 11.7 Å². The van der Waals surface area contributed by atoms with E-state index >= 15 is 0 Å². The van der Waals surface area contributed by atoms with Crippen molar-refractivity contribution in [3.63, 3.8) is 0 Å². The number of nitrogen functional groups attached to an aromatic ring is 1. The van der Waals surface area contributed by atoms with Gasteiger partial charge in [0.15, 0.2) is 11.7 Å². The molecule has 1 heterocycles. The van der Waals surface area contributed by atoms with Crippen molar-refractivity contribution < 1.29 is 4.79 Å². The second kappa shape index (κ2) is 3.17. The van der Waals surface area contributed by atoms with Gasteiger partial charge in [0.1, 0.15) is 5.56 Å². The van der Waals surface area contributed by atoms with Gasteiger partial charge in [-0.25, -0.2) is 4.98 Å². The molecule has 0 aliphatic heterocycles. The summed E-state index contributed by atoms with van der Waals surface area (Å²) in [6.07, 6.45) is 1.48. The van der Waals surface area contributed by atoms with Gasteiger partial charge in [0.2, 0.25) is 0 Å². The molecular weight excluding hydrogens is 158 g/mol. The fraction of sp³-hybridized carbons (Fsp3) is 0.286. The summed E-state index contributed by atoms with van der Waals surface area (Å²) in [5, 5.41) is 0. The van der Waals surface area contributed by atoms with Crippen LogP contribution in [-0.4, -0.2) is 15.8 Å². The largest absolute Gasteiger partial charge is 0.369 e. The third-order valence-corrected chi connectivity index (χ3v) is 1.44. The number of nitrogens with two attached hydrogens (primary N) is 1. The van der Waals surface area contributed by atoms with Gasteiger partial charge in [0, 0.05) is 12.6 Å². The third-order valence-electron chi connectivity index (χ3n) is 1.44. The summed E-state index contributed by atoms with van der Waals surface area (Å²) in [6, 6.07) is 0. The van der Waals surface area contributed by atoms with Crippen LogP contribution in [0.2, 0.25) is 0 Å². The fourth-order valence-electron chi connectivity index (χ4n) is 0.798. The molecule has 0 amide bonds. The van der Waals surface area contributed by atoms with Gasteiger partial charge in [-0.05, 0) is 0 Å². The van der Waals surface area contributed by atoms with Crippen LogP contribution >= 0.6 is 0 Å². The van der Waals surface area contributed by atoms with Gasteiger partial charge >= 0.3 is 0 Å². The number of nitrogens with one attached hydrogen (secondary N) is 1. The molecule has 1 aromatic rings. The smallest absolute Gasteiger partial charge is 0.263 e. The van der Waals surface area contributed by atoms with Crippen molar-refractivity contribution in [2.24, 2.45) is 0 Å². The second-order valence-electron chi connectivity index (χ2n) is 2.29. The molecule has 0 fully saturated rings. The zero-order chi connectivity index (χ0) is 9.14. The van der Waals surface area contributed by atoms with Crippen LogP contribution in [-0.2, 0) is 0 Å². The van der Waals surface area contributed by atoms with E-state index in [1.807, 2.05) is 0 Å². The van der Waals surface area contributed by atoms with Gasteiger partial charge in [-0.2, -0.15) is 0 Å². The van der Waals surface area contributed by atoms with Crippen molar-refractivity contribution in [3.05, 3.63) is 22.1 Å². The number of rotatable bonds is 2. The Morgan fingerprint density at radius 3 is 2.92 bits per heavy atom. The summed E-state index contributed by atoms with van der Waals surface area (Å²) in [4.78, 5) is 27.9. The Hall–Kier alpha value is -1.65. The first-order valence-electron chi connectivity index (χ1n) is 3.53. The van der Waals surface area contributed by atoms with Gasteiger partial charge in [-0.15, -0.1) is 0 Å². The van der Waals surface area contributed by atoms with Gasteiger partial charge in [0.25, 0.3) is 5.56 Å². The number of hydrogen-bond donors (Lipinski definition) is 2. The summed E-state index contributed by atoms with van der Waals surface area (Å²) in [7, 11) is 0. The average molecular weight is 167 g/mol. The molecule has 0 aliphatic carbocycles. The number of aromatic amines is 1. The topological polar surface area (TPSA) is 88.8 Å². The first kappa shape index (κ1) is 8.45. The molecule has 0 saturated heterocycles. The van der Waals surface area contributed by atoms with Crippen molar-refractivity contribution in [2.75, 3.05) is 5.73 Å². The van der Waals surface area contributed by atoms with E-state index in [1.165, 1.54) is 6.20 Å². The molecule has 0 bridgehead atoms. The van der Waals surface area contributed by atoms with Crippen LogP contribution in [0.15, 0.2) is 11.0 Å². The molecule has 0 aromatic carbocycles. The first-order valence-corrected chi connectivity index (χ1v) is 3.53. The van der Waals surface area contributed by atoms with E-state index < -0.39 is 5.56 Å². The minimum absolute atomic E-state index is 0.0210.